The molecule has 1 aromatic carbocycles. The van der Waals surface area contributed by atoms with Crippen molar-refractivity contribution in [2.75, 3.05) is 25.4 Å². The van der Waals surface area contributed by atoms with E-state index in [-0.39, 0.29) is 5.82 Å². The summed E-state index contributed by atoms with van der Waals surface area (Å²) >= 11 is 0. The van der Waals surface area contributed by atoms with Crippen LogP contribution in [-0.4, -0.2) is 34.1 Å². The number of rotatable bonds is 3. The molecule has 21 heavy (non-hydrogen) atoms. The van der Waals surface area contributed by atoms with Crippen LogP contribution in [0, 0.1) is 18.7 Å². The Morgan fingerprint density at radius 2 is 2.05 bits per heavy atom. The molecule has 2 N–H and O–H groups in total. The number of hydrogen-bond acceptors (Lipinski definition) is 3. The highest BCUT2D eigenvalue weighted by molar-refractivity contribution is 5.79. The van der Waals surface area contributed by atoms with Gasteiger partial charge in [0.15, 0.2) is 0 Å². The van der Waals surface area contributed by atoms with Gasteiger partial charge in [-0.05, 0) is 56.9 Å². The van der Waals surface area contributed by atoms with Crippen molar-refractivity contribution in [1.82, 2.24) is 14.5 Å². The molecular formula is C16H23FN4. The Morgan fingerprint density at radius 3 is 2.71 bits per heavy atom. The number of aromatic nitrogens is 2. The van der Waals surface area contributed by atoms with E-state index in [2.05, 4.69) is 16.8 Å². The normalized spacial score (nSPS) is 17.7. The molecular weight excluding hydrogens is 267 g/mol. The Morgan fingerprint density at radius 1 is 1.33 bits per heavy atom. The number of imidazole rings is 1. The molecule has 0 radical (unpaired) electrons. The molecule has 2 heterocycles. The molecule has 3 rings (SSSR count). The predicted molar refractivity (Wildman–Crippen MR) is 83.7 cm³/mol. The molecule has 0 amide bonds. The van der Waals surface area contributed by atoms with E-state index in [1.807, 2.05) is 10.6 Å². The monoisotopic (exact) mass is 290 g/mol. The van der Waals surface area contributed by atoms with Crippen LogP contribution in [0.15, 0.2) is 12.1 Å². The van der Waals surface area contributed by atoms with Gasteiger partial charge in [-0.25, -0.2) is 9.37 Å². The summed E-state index contributed by atoms with van der Waals surface area (Å²) in [5, 5.41) is 0. The molecule has 1 fully saturated rings. The number of likely N-dealkylation sites (tertiary alicyclic amines) is 1. The van der Waals surface area contributed by atoms with Gasteiger partial charge in [0.05, 0.1) is 11.0 Å². The van der Waals surface area contributed by atoms with E-state index >= 15 is 0 Å². The fourth-order valence-electron chi connectivity index (χ4n) is 3.20. The number of benzene rings is 1. The molecule has 0 aliphatic carbocycles. The number of aryl methyl sites for hydroxylation is 1. The molecule has 5 heteroatoms. The van der Waals surface area contributed by atoms with Crippen molar-refractivity contribution in [3.8, 4) is 0 Å². The summed E-state index contributed by atoms with van der Waals surface area (Å²) in [6.45, 7) is 8.30. The van der Waals surface area contributed by atoms with Crippen LogP contribution >= 0.6 is 0 Å². The molecule has 0 spiro atoms. The van der Waals surface area contributed by atoms with E-state index in [0.29, 0.717) is 22.9 Å². The molecule has 0 saturated carbocycles. The summed E-state index contributed by atoms with van der Waals surface area (Å²) in [4.78, 5) is 6.78. The quantitative estimate of drug-likeness (QED) is 0.945. The molecule has 4 nitrogen and oxygen atoms in total. The standard InChI is InChI=1S/C16H23FN4/c1-3-20-6-4-12(5-7-20)10-21-15-8-11(2)13(17)9-14(15)19-16(21)18/h8-9,12H,3-7,10H2,1-2H3,(H2,18,19). The first-order valence-electron chi connectivity index (χ1n) is 7.72. The molecule has 1 saturated heterocycles. The first-order chi connectivity index (χ1) is 10.1. The summed E-state index contributed by atoms with van der Waals surface area (Å²) < 4.78 is 15.7. The molecule has 0 atom stereocenters. The van der Waals surface area contributed by atoms with Gasteiger partial charge in [-0.15, -0.1) is 0 Å². The molecule has 0 bridgehead atoms. The lowest BCUT2D eigenvalue weighted by Gasteiger charge is -2.31. The number of nitrogen functional groups attached to an aromatic ring is 1. The maximum Gasteiger partial charge on any atom is 0.201 e. The second-order valence-corrected chi connectivity index (χ2v) is 6.05. The lowest BCUT2D eigenvalue weighted by molar-refractivity contribution is 0.182. The minimum atomic E-state index is -0.219. The fourth-order valence-corrected chi connectivity index (χ4v) is 3.20. The van der Waals surface area contributed by atoms with Crippen molar-refractivity contribution < 1.29 is 4.39 Å². The average molecular weight is 290 g/mol. The molecule has 2 aromatic rings. The van der Waals surface area contributed by atoms with Crippen LogP contribution in [0.5, 0.6) is 0 Å². The SMILES string of the molecule is CCN1CCC(Cn2c(N)nc3cc(F)c(C)cc32)CC1. The highest BCUT2D eigenvalue weighted by Crippen LogP contribution is 2.26. The topological polar surface area (TPSA) is 47.1 Å². The Hall–Kier alpha value is -1.62. The summed E-state index contributed by atoms with van der Waals surface area (Å²) in [6, 6.07) is 3.34. The van der Waals surface area contributed by atoms with Gasteiger partial charge in [-0.1, -0.05) is 6.92 Å². The number of fused-ring (bicyclic) bond motifs is 1. The van der Waals surface area contributed by atoms with E-state index in [0.717, 1.165) is 31.7 Å². The van der Waals surface area contributed by atoms with E-state index in [9.17, 15) is 4.39 Å². The summed E-state index contributed by atoms with van der Waals surface area (Å²) in [5.41, 5.74) is 8.29. The zero-order valence-corrected chi connectivity index (χ0v) is 12.8. The largest absolute Gasteiger partial charge is 0.369 e. The number of anilines is 1. The smallest absolute Gasteiger partial charge is 0.201 e. The first-order valence-corrected chi connectivity index (χ1v) is 7.72. The summed E-state index contributed by atoms with van der Waals surface area (Å²) in [6.07, 6.45) is 2.38. The number of nitrogens with zero attached hydrogens (tertiary/aromatic N) is 3. The van der Waals surface area contributed by atoms with Crippen molar-refractivity contribution in [2.24, 2.45) is 5.92 Å². The van der Waals surface area contributed by atoms with Gasteiger partial charge in [0, 0.05) is 12.6 Å². The summed E-state index contributed by atoms with van der Waals surface area (Å²) in [5.74, 6) is 0.897. The Labute approximate surface area is 124 Å². The van der Waals surface area contributed by atoms with Crippen molar-refractivity contribution in [2.45, 2.75) is 33.2 Å². The zero-order valence-electron chi connectivity index (χ0n) is 12.8. The predicted octanol–water partition coefficient (Wildman–Crippen LogP) is 2.80. The maximum absolute atomic E-state index is 13.6. The third kappa shape index (κ3) is 2.75. The molecule has 114 valence electrons. The molecule has 1 aliphatic heterocycles. The second-order valence-electron chi connectivity index (χ2n) is 6.05. The van der Waals surface area contributed by atoms with E-state index in [1.165, 1.54) is 18.9 Å². The van der Waals surface area contributed by atoms with Crippen LogP contribution < -0.4 is 5.73 Å². The minimum Gasteiger partial charge on any atom is -0.369 e. The number of piperidine rings is 1. The van der Waals surface area contributed by atoms with E-state index < -0.39 is 0 Å². The van der Waals surface area contributed by atoms with Crippen LogP contribution in [-0.2, 0) is 6.54 Å². The Bertz CT molecular complexity index is 641. The van der Waals surface area contributed by atoms with Crippen LogP contribution in [0.4, 0.5) is 10.3 Å². The van der Waals surface area contributed by atoms with Crippen LogP contribution in [0.2, 0.25) is 0 Å². The first kappa shape index (κ1) is 14.3. The van der Waals surface area contributed by atoms with E-state index in [4.69, 9.17) is 5.73 Å². The Kier molecular flexibility index (Phi) is 3.85. The summed E-state index contributed by atoms with van der Waals surface area (Å²) in [7, 11) is 0. The number of halogens is 1. The van der Waals surface area contributed by atoms with Crippen molar-refractivity contribution in [3.05, 3.63) is 23.5 Å². The maximum atomic E-state index is 13.6. The third-order valence-electron chi connectivity index (χ3n) is 4.65. The fraction of sp³-hybridized carbons (Fsp3) is 0.562. The Balaban J connectivity index is 1.84. The number of hydrogen-bond donors (Lipinski definition) is 1. The van der Waals surface area contributed by atoms with Gasteiger partial charge in [0.25, 0.3) is 0 Å². The van der Waals surface area contributed by atoms with Crippen LogP contribution in [0.25, 0.3) is 11.0 Å². The van der Waals surface area contributed by atoms with Crippen molar-refractivity contribution >= 4 is 17.0 Å². The van der Waals surface area contributed by atoms with Crippen molar-refractivity contribution in [3.63, 3.8) is 0 Å². The second kappa shape index (κ2) is 5.64. The van der Waals surface area contributed by atoms with Gasteiger partial charge in [0.2, 0.25) is 5.95 Å². The van der Waals surface area contributed by atoms with Crippen LogP contribution in [0.1, 0.15) is 25.3 Å². The van der Waals surface area contributed by atoms with Gasteiger partial charge >= 0.3 is 0 Å². The highest BCUT2D eigenvalue weighted by Gasteiger charge is 2.20. The van der Waals surface area contributed by atoms with Gasteiger partial charge in [0.1, 0.15) is 5.82 Å². The average Bonchev–Trinajstić information content (AvgIpc) is 2.76. The third-order valence-corrected chi connectivity index (χ3v) is 4.65. The molecule has 0 unspecified atom stereocenters. The van der Waals surface area contributed by atoms with Crippen LogP contribution in [0.3, 0.4) is 0 Å². The molecule has 1 aliphatic rings. The van der Waals surface area contributed by atoms with Gasteiger partial charge < -0.3 is 15.2 Å². The van der Waals surface area contributed by atoms with Gasteiger partial charge in [-0.3, -0.25) is 0 Å². The van der Waals surface area contributed by atoms with Crippen molar-refractivity contribution in [1.29, 1.82) is 0 Å². The molecule has 1 aromatic heterocycles. The van der Waals surface area contributed by atoms with E-state index in [1.54, 1.807) is 6.92 Å². The minimum absolute atomic E-state index is 0.219. The zero-order chi connectivity index (χ0) is 15.0. The van der Waals surface area contributed by atoms with Gasteiger partial charge in [-0.2, -0.15) is 0 Å². The lowest BCUT2D eigenvalue weighted by Crippen LogP contribution is -2.34. The number of nitrogens with two attached hydrogens (primary N) is 1. The lowest BCUT2D eigenvalue weighted by atomic mass is 9.96. The highest BCUT2D eigenvalue weighted by atomic mass is 19.1.